The topological polar surface area (TPSA) is 67.2 Å². The molecule has 0 unspecified atom stereocenters. The smallest absolute Gasteiger partial charge is 0.227 e. The average Bonchev–Trinajstić information content (AvgIpc) is 3.42. The lowest BCUT2D eigenvalue weighted by atomic mass is 10.1. The molecule has 0 aliphatic carbocycles. The Bertz CT molecular complexity index is 1010. The van der Waals surface area contributed by atoms with Crippen LogP contribution < -0.4 is 10.2 Å². The number of benzene rings is 2. The van der Waals surface area contributed by atoms with Gasteiger partial charge in [0.1, 0.15) is 0 Å². The highest BCUT2D eigenvalue weighted by molar-refractivity contribution is 6.00. The third-order valence-corrected chi connectivity index (χ3v) is 5.54. The van der Waals surface area contributed by atoms with Crippen molar-refractivity contribution in [3.05, 3.63) is 83.9 Å². The van der Waals surface area contributed by atoms with Gasteiger partial charge in [-0.25, -0.2) is 4.98 Å². The Balaban J connectivity index is 1.31. The van der Waals surface area contributed by atoms with E-state index in [0.29, 0.717) is 13.1 Å². The van der Waals surface area contributed by atoms with Crippen LogP contribution >= 0.6 is 0 Å². The van der Waals surface area contributed by atoms with E-state index in [0.717, 1.165) is 24.2 Å². The van der Waals surface area contributed by atoms with Crippen molar-refractivity contribution in [2.75, 3.05) is 11.4 Å². The van der Waals surface area contributed by atoms with Crippen LogP contribution in [0.4, 0.5) is 5.69 Å². The maximum atomic E-state index is 12.6. The highest BCUT2D eigenvalue weighted by atomic mass is 16.2. The van der Waals surface area contributed by atoms with Crippen molar-refractivity contribution in [3.63, 3.8) is 0 Å². The molecule has 0 saturated carbocycles. The minimum atomic E-state index is -0.316. The van der Waals surface area contributed by atoms with Crippen LogP contribution in [0.2, 0.25) is 0 Å². The van der Waals surface area contributed by atoms with Gasteiger partial charge in [0, 0.05) is 44.1 Å². The first-order valence-electron chi connectivity index (χ1n) is 10.3. The van der Waals surface area contributed by atoms with Crippen LogP contribution in [-0.2, 0) is 29.1 Å². The number of rotatable bonds is 7. The quantitative estimate of drug-likeness (QED) is 0.660. The summed E-state index contributed by atoms with van der Waals surface area (Å²) in [6, 6.07) is 16.1. The first-order chi connectivity index (χ1) is 14.6. The molecule has 4 rings (SSSR count). The Kier molecular flexibility index (Phi) is 5.93. The maximum Gasteiger partial charge on any atom is 0.227 e. The van der Waals surface area contributed by atoms with Crippen molar-refractivity contribution in [3.8, 4) is 0 Å². The average molecular weight is 402 g/mol. The Labute approximate surface area is 176 Å². The molecule has 2 heterocycles. The summed E-state index contributed by atoms with van der Waals surface area (Å²) in [4.78, 5) is 30.9. The Hall–Kier alpha value is -3.41. The van der Waals surface area contributed by atoms with E-state index in [4.69, 9.17) is 0 Å². The second kappa shape index (κ2) is 8.95. The van der Waals surface area contributed by atoms with Crippen molar-refractivity contribution >= 4 is 17.5 Å². The summed E-state index contributed by atoms with van der Waals surface area (Å²) in [5.41, 5.74) is 4.27. The molecule has 154 valence electrons. The first kappa shape index (κ1) is 19.9. The van der Waals surface area contributed by atoms with Crippen molar-refractivity contribution in [2.24, 2.45) is 5.92 Å². The summed E-state index contributed by atoms with van der Waals surface area (Å²) >= 11 is 0. The molecule has 30 heavy (non-hydrogen) atoms. The van der Waals surface area contributed by atoms with Crippen molar-refractivity contribution in [1.82, 2.24) is 14.9 Å². The van der Waals surface area contributed by atoms with Crippen LogP contribution in [-0.4, -0.2) is 27.9 Å². The van der Waals surface area contributed by atoms with Gasteiger partial charge < -0.3 is 14.8 Å². The molecule has 2 aromatic carbocycles. The Morgan fingerprint density at radius 3 is 2.67 bits per heavy atom. The third-order valence-electron chi connectivity index (χ3n) is 5.54. The predicted molar refractivity (Wildman–Crippen MR) is 116 cm³/mol. The summed E-state index contributed by atoms with van der Waals surface area (Å²) in [5, 5.41) is 2.99. The van der Waals surface area contributed by atoms with Gasteiger partial charge in [-0.3, -0.25) is 9.59 Å². The fourth-order valence-electron chi connectivity index (χ4n) is 3.76. The summed E-state index contributed by atoms with van der Waals surface area (Å²) in [5.74, 6) is -0.379. The second-order valence-electron chi connectivity index (χ2n) is 7.70. The molecule has 1 saturated heterocycles. The summed E-state index contributed by atoms with van der Waals surface area (Å²) in [7, 11) is 0. The molecule has 1 atom stereocenters. The van der Waals surface area contributed by atoms with Gasteiger partial charge in [0.05, 0.1) is 12.2 Å². The van der Waals surface area contributed by atoms with Gasteiger partial charge in [0.2, 0.25) is 11.8 Å². The van der Waals surface area contributed by atoms with Gasteiger partial charge in [-0.05, 0) is 35.2 Å². The number of anilines is 1. The van der Waals surface area contributed by atoms with Crippen LogP contribution in [0, 0.1) is 5.92 Å². The van der Waals surface area contributed by atoms with Gasteiger partial charge in [0.25, 0.3) is 0 Å². The van der Waals surface area contributed by atoms with E-state index >= 15 is 0 Å². The van der Waals surface area contributed by atoms with E-state index in [1.807, 2.05) is 41.1 Å². The number of aryl methyl sites for hydroxylation is 1. The number of aromatic nitrogens is 2. The summed E-state index contributed by atoms with van der Waals surface area (Å²) in [6.07, 6.45) is 6.66. The molecule has 6 nitrogen and oxygen atoms in total. The largest absolute Gasteiger partial charge is 0.352 e. The minimum Gasteiger partial charge on any atom is -0.352 e. The zero-order valence-corrected chi connectivity index (χ0v) is 17.1. The summed E-state index contributed by atoms with van der Waals surface area (Å²) < 4.78 is 2.01. The molecular weight excluding hydrogens is 376 g/mol. The van der Waals surface area contributed by atoms with Crippen LogP contribution in [0.15, 0.2) is 67.3 Å². The third kappa shape index (κ3) is 4.59. The van der Waals surface area contributed by atoms with Crippen molar-refractivity contribution < 1.29 is 9.59 Å². The molecular formula is C24H26N4O2. The SMILES string of the molecule is CCc1cccc(N2C[C@@H](C(=O)NCc3ccc(Cn4ccnc4)cc3)CC2=O)c1. The van der Waals surface area contributed by atoms with E-state index in [2.05, 4.69) is 35.4 Å². The normalized spacial score (nSPS) is 16.1. The van der Waals surface area contributed by atoms with Gasteiger partial charge in [-0.2, -0.15) is 0 Å². The van der Waals surface area contributed by atoms with E-state index in [1.165, 1.54) is 11.1 Å². The molecule has 1 aliphatic rings. The van der Waals surface area contributed by atoms with Gasteiger partial charge in [-0.1, -0.05) is 43.3 Å². The number of carbonyl (C=O) groups is 2. The molecule has 1 aliphatic heterocycles. The monoisotopic (exact) mass is 402 g/mol. The van der Waals surface area contributed by atoms with E-state index in [1.54, 1.807) is 17.4 Å². The van der Waals surface area contributed by atoms with Crippen molar-refractivity contribution in [1.29, 1.82) is 0 Å². The van der Waals surface area contributed by atoms with Gasteiger partial charge in [-0.15, -0.1) is 0 Å². The number of hydrogen-bond acceptors (Lipinski definition) is 3. The van der Waals surface area contributed by atoms with Crippen molar-refractivity contribution in [2.45, 2.75) is 32.9 Å². The molecule has 1 N–H and O–H groups in total. The zero-order valence-electron chi connectivity index (χ0n) is 17.1. The molecule has 6 heteroatoms. The second-order valence-corrected chi connectivity index (χ2v) is 7.70. The first-order valence-corrected chi connectivity index (χ1v) is 10.3. The number of carbonyl (C=O) groups excluding carboxylic acids is 2. The molecule has 1 fully saturated rings. The summed E-state index contributed by atoms with van der Waals surface area (Å²) in [6.45, 7) is 3.75. The minimum absolute atomic E-state index is 0.00672. The van der Waals surface area contributed by atoms with E-state index in [9.17, 15) is 9.59 Å². The van der Waals surface area contributed by atoms with Crippen LogP contribution in [0.1, 0.15) is 30.0 Å². The number of hydrogen-bond donors (Lipinski definition) is 1. The Morgan fingerprint density at radius 1 is 1.13 bits per heavy atom. The lowest BCUT2D eigenvalue weighted by Crippen LogP contribution is -2.32. The fourth-order valence-corrected chi connectivity index (χ4v) is 3.76. The van der Waals surface area contributed by atoms with Crippen LogP contribution in [0.25, 0.3) is 0 Å². The van der Waals surface area contributed by atoms with Gasteiger partial charge >= 0.3 is 0 Å². The molecule has 2 amide bonds. The van der Waals surface area contributed by atoms with Crippen LogP contribution in [0.5, 0.6) is 0 Å². The number of amides is 2. The highest BCUT2D eigenvalue weighted by Crippen LogP contribution is 2.26. The molecule has 0 radical (unpaired) electrons. The zero-order chi connectivity index (χ0) is 20.9. The molecule has 0 bridgehead atoms. The molecule has 3 aromatic rings. The maximum absolute atomic E-state index is 12.6. The standard InChI is InChI=1S/C24H26N4O2/c1-2-18-4-3-5-22(12-18)28-16-21(13-23(28)29)24(30)26-14-19-6-8-20(9-7-19)15-27-11-10-25-17-27/h3-12,17,21H,2,13-16H2,1H3,(H,26,30)/t21-/m0/s1. The number of nitrogens with one attached hydrogen (secondary N) is 1. The number of imidazole rings is 1. The van der Waals surface area contributed by atoms with E-state index < -0.39 is 0 Å². The lowest BCUT2D eigenvalue weighted by molar-refractivity contribution is -0.126. The lowest BCUT2D eigenvalue weighted by Gasteiger charge is -2.17. The fraction of sp³-hybridized carbons (Fsp3) is 0.292. The Morgan fingerprint density at radius 2 is 1.93 bits per heavy atom. The molecule has 1 aromatic heterocycles. The van der Waals surface area contributed by atoms with E-state index in [-0.39, 0.29) is 24.2 Å². The van der Waals surface area contributed by atoms with Crippen LogP contribution in [0.3, 0.4) is 0 Å². The predicted octanol–water partition coefficient (Wildman–Crippen LogP) is 3.16. The highest BCUT2D eigenvalue weighted by Gasteiger charge is 2.35. The number of nitrogens with zero attached hydrogens (tertiary/aromatic N) is 3. The van der Waals surface area contributed by atoms with Gasteiger partial charge in [0.15, 0.2) is 0 Å². The molecule has 0 spiro atoms.